The van der Waals surface area contributed by atoms with Gasteiger partial charge < -0.3 is 11.1 Å². The van der Waals surface area contributed by atoms with Crippen molar-refractivity contribution in [3.8, 4) is 0 Å². The highest BCUT2D eigenvalue weighted by Crippen LogP contribution is 2.34. The molecule has 2 aliphatic rings. The van der Waals surface area contributed by atoms with E-state index in [1.807, 2.05) is 0 Å². The minimum absolute atomic E-state index is 0.152. The maximum absolute atomic E-state index is 12.4. The third-order valence-electron chi connectivity index (χ3n) is 5.71. The molecule has 19 heavy (non-hydrogen) atoms. The maximum atomic E-state index is 12.4. The van der Waals surface area contributed by atoms with Gasteiger partial charge in [0, 0.05) is 18.0 Å². The van der Waals surface area contributed by atoms with Gasteiger partial charge >= 0.3 is 0 Å². The second kappa shape index (κ2) is 6.25. The Morgan fingerprint density at radius 2 is 1.95 bits per heavy atom. The van der Waals surface area contributed by atoms with Crippen LogP contribution in [-0.4, -0.2) is 18.0 Å². The van der Waals surface area contributed by atoms with E-state index in [1.165, 1.54) is 12.8 Å². The summed E-state index contributed by atoms with van der Waals surface area (Å²) in [6.45, 7) is 6.75. The molecule has 3 nitrogen and oxygen atoms in total. The van der Waals surface area contributed by atoms with Crippen LogP contribution in [0.1, 0.15) is 59.3 Å². The molecule has 2 rings (SSSR count). The Morgan fingerprint density at radius 3 is 2.53 bits per heavy atom. The van der Waals surface area contributed by atoms with Gasteiger partial charge in [-0.25, -0.2) is 0 Å². The molecule has 0 spiro atoms. The van der Waals surface area contributed by atoms with Gasteiger partial charge in [-0.05, 0) is 49.9 Å². The lowest BCUT2D eigenvalue weighted by molar-refractivity contribution is -0.127. The van der Waals surface area contributed by atoms with Gasteiger partial charge in [0.05, 0.1) is 0 Å². The quantitative estimate of drug-likeness (QED) is 0.825. The minimum atomic E-state index is 0.152. The van der Waals surface area contributed by atoms with E-state index < -0.39 is 0 Å². The van der Waals surface area contributed by atoms with Gasteiger partial charge in [-0.2, -0.15) is 0 Å². The number of carbonyl (C=O) groups excluding carboxylic acids is 1. The highest BCUT2D eigenvalue weighted by molar-refractivity contribution is 5.79. The molecule has 110 valence electrons. The first-order valence-electron chi connectivity index (χ1n) is 8.08. The predicted molar refractivity (Wildman–Crippen MR) is 78.6 cm³/mol. The van der Waals surface area contributed by atoms with Crippen LogP contribution < -0.4 is 11.1 Å². The van der Waals surface area contributed by atoms with Gasteiger partial charge in [0.15, 0.2) is 0 Å². The van der Waals surface area contributed by atoms with Crippen molar-refractivity contribution in [2.45, 2.75) is 71.4 Å². The molecule has 6 unspecified atom stereocenters. The highest BCUT2D eigenvalue weighted by Gasteiger charge is 2.35. The van der Waals surface area contributed by atoms with E-state index in [-0.39, 0.29) is 17.9 Å². The summed E-state index contributed by atoms with van der Waals surface area (Å²) in [4.78, 5) is 12.4. The number of nitrogens with one attached hydrogen (secondary N) is 1. The van der Waals surface area contributed by atoms with Crippen molar-refractivity contribution in [2.75, 3.05) is 0 Å². The monoisotopic (exact) mass is 266 g/mol. The number of hydrogen-bond donors (Lipinski definition) is 2. The molecule has 1 amide bonds. The molecule has 2 aliphatic carbocycles. The number of hydrogen-bond acceptors (Lipinski definition) is 2. The largest absolute Gasteiger partial charge is 0.353 e. The van der Waals surface area contributed by atoms with Crippen molar-refractivity contribution in [3.05, 3.63) is 0 Å². The van der Waals surface area contributed by atoms with Crippen LogP contribution >= 0.6 is 0 Å². The van der Waals surface area contributed by atoms with Crippen LogP contribution in [0.5, 0.6) is 0 Å². The van der Waals surface area contributed by atoms with E-state index in [0.717, 1.165) is 31.6 Å². The third-order valence-corrected chi connectivity index (χ3v) is 5.71. The molecule has 0 aliphatic heterocycles. The average Bonchev–Trinajstić information content (AvgIpc) is 2.73. The Bertz CT molecular complexity index is 318. The molecule has 2 fully saturated rings. The summed E-state index contributed by atoms with van der Waals surface area (Å²) in [5.74, 6) is 2.40. The van der Waals surface area contributed by atoms with Crippen molar-refractivity contribution in [2.24, 2.45) is 29.4 Å². The SMILES string of the molecule is CCC1CCC(NC(=O)C2CCC(C)C(N)C2)C1C. The average molecular weight is 266 g/mol. The van der Waals surface area contributed by atoms with Gasteiger partial charge in [0.2, 0.25) is 5.91 Å². The fraction of sp³-hybridized carbons (Fsp3) is 0.938. The molecule has 6 atom stereocenters. The van der Waals surface area contributed by atoms with E-state index in [0.29, 0.717) is 17.9 Å². The van der Waals surface area contributed by atoms with Crippen molar-refractivity contribution < 1.29 is 4.79 Å². The Labute approximate surface area is 117 Å². The fourth-order valence-corrected chi connectivity index (χ4v) is 3.92. The van der Waals surface area contributed by atoms with Crippen molar-refractivity contribution in [1.29, 1.82) is 0 Å². The minimum Gasteiger partial charge on any atom is -0.353 e. The van der Waals surface area contributed by atoms with Crippen molar-refractivity contribution >= 4 is 5.91 Å². The summed E-state index contributed by atoms with van der Waals surface area (Å²) in [5, 5.41) is 3.30. The third kappa shape index (κ3) is 3.31. The zero-order valence-electron chi connectivity index (χ0n) is 12.7. The summed E-state index contributed by atoms with van der Waals surface area (Å²) in [5.41, 5.74) is 6.11. The maximum Gasteiger partial charge on any atom is 0.223 e. The Kier molecular flexibility index (Phi) is 4.88. The lowest BCUT2D eigenvalue weighted by atomic mass is 9.79. The molecular weight excluding hydrogens is 236 g/mol. The van der Waals surface area contributed by atoms with Crippen LogP contribution in [-0.2, 0) is 4.79 Å². The first-order chi connectivity index (χ1) is 9.02. The molecule has 0 aromatic heterocycles. The number of rotatable bonds is 3. The zero-order chi connectivity index (χ0) is 14.0. The standard InChI is InChI=1S/C16H30N2O/c1-4-12-7-8-15(11(12)3)18-16(19)13-6-5-10(2)14(17)9-13/h10-15H,4-9,17H2,1-3H3,(H,18,19). The van der Waals surface area contributed by atoms with Gasteiger partial charge in [-0.3, -0.25) is 4.79 Å². The predicted octanol–water partition coefficient (Wildman–Crippen LogP) is 2.69. The number of amides is 1. The Hall–Kier alpha value is -0.570. The smallest absolute Gasteiger partial charge is 0.223 e. The van der Waals surface area contributed by atoms with Gasteiger partial charge in [0.25, 0.3) is 0 Å². The van der Waals surface area contributed by atoms with Crippen LogP contribution in [0.4, 0.5) is 0 Å². The molecule has 0 aromatic carbocycles. The Morgan fingerprint density at radius 1 is 1.21 bits per heavy atom. The Balaban J connectivity index is 1.85. The molecular formula is C16H30N2O. The second-order valence-corrected chi connectivity index (χ2v) is 6.87. The summed E-state index contributed by atoms with van der Waals surface area (Å²) >= 11 is 0. The van der Waals surface area contributed by atoms with Crippen LogP contribution in [0.2, 0.25) is 0 Å². The first-order valence-corrected chi connectivity index (χ1v) is 8.08. The summed E-state index contributed by atoms with van der Waals surface area (Å²) in [6, 6.07) is 0.599. The lowest BCUT2D eigenvalue weighted by Crippen LogP contribution is -2.45. The molecule has 0 saturated heterocycles. The number of nitrogens with two attached hydrogens (primary N) is 1. The van der Waals surface area contributed by atoms with Crippen molar-refractivity contribution in [1.82, 2.24) is 5.32 Å². The molecule has 0 heterocycles. The number of carbonyl (C=O) groups is 1. The second-order valence-electron chi connectivity index (χ2n) is 6.87. The summed E-state index contributed by atoms with van der Waals surface area (Å²) in [7, 11) is 0. The molecule has 3 N–H and O–H groups in total. The van der Waals surface area contributed by atoms with E-state index in [1.54, 1.807) is 0 Å². The topological polar surface area (TPSA) is 55.1 Å². The fourth-order valence-electron chi connectivity index (χ4n) is 3.92. The summed E-state index contributed by atoms with van der Waals surface area (Å²) < 4.78 is 0. The van der Waals surface area contributed by atoms with Gasteiger partial charge in [-0.1, -0.05) is 27.2 Å². The van der Waals surface area contributed by atoms with Crippen LogP contribution in [0, 0.1) is 23.7 Å². The molecule has 0 aromatic rings. The molecule has 3 heteroatoms. The van der Waals surface area contributed by atoms with E-state index >= 15 is 0 Å². The van der Waals surface area contributed by atoms with Crippen LogP contribution in [0.25, 0.3) is 0 Å². The van der Waals surface area contributed by atoms with Gasteiger partial charge in [0.1, 0.15) is 0 Å². The zero-order valence-corrected chi connectivity index (χ0v) is 12.7. The highest BCUT2D eigenvalue weighted by atomic mass is 16.1. The van der Waals surface area contributed by atoms with E-state index in [4.69, 9.17) is 5.73 Å². The normalized spacial score (nSPS) is 43.2. The first kappa shape index (κ1) is 14.8. The van der Waals surface area contributed by atoms with Crippen LogP contribution in [0.15, 0.2) is 0 Å². The lowest BCUT2D eigenvalue weighted by Gasteiger charge is -2.32. The molecule has 0 bridgehead atoms. The molecule has 2 saturated carbocycles. The van der Waals surface area contributed by atoms with Crippen molar-refractivity contribution in [3.63, 3.8) is 0 Å². The van der Waals surface area contributed by atoms with E-state index in [2.05, 4.69) is 26.1 Å². The molecule has 0 radical (unpaired) electrons. The van der Waals surface area contributed by atoms with E-state index in [9.17, 15) is 4.79 Å². The van der Waals surface area contributed by atoms with Gasteiger partial charge in [-0.15, -0.1) is 0 Å². The van der Waals surface area contributed by atoms with Crippen LogP contribution in [0.3, 0.4) is 0 Å². The summed E-state index contributed by atoms with van der Waals surface area (Å²) in [6.07, 6.45) is 6.63.